The molecule has 1 unspecified atom stereocenters. The summed E-state index contributed by atoms with van der Waals surface area (Å²) >= 11 is 0. The number of carbonyl (C=O) groups is 2. The normalized spacial score (nSPS) is 21.5. The largest absolute Gasteiger partial charge is 0.368 e. The smallest absolute Gasteiger partial charge is 0.253 e. The highest BCUT2D eigenvalue weighted by Crippen LogP contribution is 2.20. The summed E-state index contributed by atoms with van der Waals surface area (Å²) in [6.45, 7) is 0.651. The number of benzene rings is 1. The molecule has 0 aromatic heterocycles. The van der Waals surface area contributed by atoms with Crippen LogP contribution in [0.4, 0.5) is 5.69 Å². The van der Waals surface area contributed by atoms with Gasteiger partial charge in [0.25, 0.3) is 11.8 Å². The van der Waals surface area contributed by atoms with Gasteiger partial charge in [-0.25, -0.2) is 0 Å². The SMILES string of the molecule is O=C(NC1CC1)c1ccc(NC(=O)C2CCCO2)cc1. The molecule has 0 bridgehead atoms. The highest BCUT2D eigenvalue weighted by Gasteiger charge is 2.24. The van der Waals surface area contributed by atoms with Gasteiger partial charge in [-0.1, -0.05) is 0 Å². The highest BCUT2D eigenvalue weighted by atomic mass is 16.5. The number of hydrogen-bond acceptors (Lipinski definition) is 3. The molecule has 1 aliphatic heterocycles. The van der Waals surface area contributed by atoms with Gasteiger partial charge in [-0.3, -0.25) is 9.59 Å². The predicted octanol–water partition coefficient (Wildman–Crippen LogP) is 1.70. The first kappa shape index (κ1) is 13.1. The molecule has 5 heteroatoms. The van der Waals surface area contributed by atoms with E-state index in [0.29, 0.717) is 23.9 Å². The summed E-state index contributed by atoms with van der Waals surface area (Å²) in [5.74, 6) is -0.165. The summed E-state index contributed by atoms with van der Waals surface area (Å²) in [5, 5.41) is 5.74. The molecule has 5 nitrogen and oxygen atoms in total. The molecule has 1 aromatic carbocycles. The minimum absolute atomic E-state index is 0.0514. The minimum Gasteiger partial charge on any atom is -0.368 e. The molecule has 2 N–H and O–H groups in total. The fourth-order valence-corrected chi connectivity index (χ4v) is 2.21. The average Bonchev–Trinajstić information content (AvgIpc) is 3.08. The number of anilines is 1. The molecule has 3 rings (SSSR count). The maximum absolute atomic E-state index is 11.9. The first-order valence-electron chi connectivity index (χ1n) is 7.06. The molecule has 1 saturated heterocycles. The van der Waals surface area contributed by atoms with Gasteiger partial charge in [0.15, 0.2) is 0 Å². The number of amides is 2. The van der Waals surface area contributed by atoms with E-state index in [0.717, 1.165) is 25.7 Å². The fourth-order valence-electron chi connectivity index (χ4n) is 2.21. The van der Waals surface area contributed by atoms with Crippen LogP contribution in [0.25, 0.3) is 0 Å². The van der Waals surface area contributed by atoms with Crippen molar-refractivity contribution in [2.24, 2.45) is 0 Å². The van der Waals surface area contributed by atoms with Crippen molar-refractivity contribution in [2.75, 3.05) is 11.9 Å². The topological polar surface area (TPSA) is 67.4 Å². The van der Waals surface area contributed by atoms with Crippen molar-refractivity contribution in [2.45, 2.75) is 37.8 Å². The molecule has 106 valence electrons. The van der Waals surface area contributed by atoms with Gasteiger partial charge in [0.1, 0.15) is 6.10 Å². The third-order valence-corrected chi connectivity index (χ3v) is 3.55. The lowest BCUT2D eigenvalue weighted by Crippen LogP contribution is -2.27. The number of hydrogen-bond donors (Lipinski definition) is 2. The van der Waals surface area contributed by atoms with Crippen LogP contribution in [-0.4, -0.2) is 30.6 Å². The second-order valence-electron chi connectivity index (χ2n) is 5.32. The molecule has 2 amide bonds. The van der Waals surface area contributed by atoms with Crippen LogP contribution in [0, 0.1) is 0 Å². The number of carbonyl (C=O) groups excluding carboxylic acids is 2. The van der Waals surface area contributed by atoms with Gasteiger partial charge in [0.2, 0.25) is 0 Å². The summed E-state index contributed by atoms with van der Waals surface area (Å²) in [5.41, 5.74) is 1.31. The van der Waals surface area contributed by atoms with Crippen LogP contribution in [0.1, 0.15) is 36.0 Å². The molecule has 0 radical (unpaired) electrons. The summed E-state index contributed by atoms with van der Waals surface area (Å²) in [6.07, 6.45) is 3.50. The predicted molar refractivity (Wildman–Crippen MR) is 74.5 cm³/mol. The van der Waals surface area contributed by atoms with Gasteiger partial charge < -0.3 is 15.4 Å². The van der Waals surface area contributed by atoms with Crippen LogP contribution in [-0.2, 0) is 9.53 Å². The van der Waals surface area contributed by atoms with E-state index in [2.05, 4.69) is 10.6 Å². The van der Waals surface area contributed by atoms with Crippen LogP contribution in [0.15, 0.2) is 24.3 Å². The van der Waals surface area contributed by atoms with Crippen LogP contribution in [0.2, 0.25) is 0 Å². The lowest BCUT2D eigenvalue weighted by molar-refractivity contribution is -0.124. The lowest BCUT2D eigenvalue weighted by Gasteiger charge is -2.10. The van der Waals surface area contributed by atoms with Crippen molar-refractivity contribution in [1.29, 1.82) is 0 Å². The average molecular weight is 274 g/mol. The Balaban J connectivity index is 1.57. The van der Waals surface area contributed by atoms with Gasteiger partial charge in [-0.15, -0.1) is 0 Å². The molecule has 2 fully saturated rings. The molecular formula is C15H18N2O3. The molecule has 1 atom stereocenters. The van der Waals surface area contributed by atoms with Crippen molar-refractivity contribution in [3.8, 4) is 0 Å². The molecule has 1 heterocycles. The minimum atomic E-state index is -0.340. The Bertz CT molecular complexity index is 502. The Hall–Kier alpha value is -1.88. The van der Waals surface area contributed by atoms with Crippen LogP contribution >= 0.6 is 0 Å². The Morgan fingerprint density at radius 2 is 1.85 bits per heavy atom. The first-order valence-corrected chi connectivity index (χ1v) is 7.06. The molecule has 1 saturated carbocycles. The van der Waals surface area contributed by atoms with Crippen LogP contribution in [0.3, 0.4) is 0 Å². The van der Waals surface area contributed by atoms with Gasteiger partial charge in [0.05, 0.1) is 0 Å². The molecule has 1 aromatic rings. The maximum Gasteiger partial charge on any atom is 0.253 e. The van der Waals surface area contributed by atoms with Crippen molar-refractivity contribution in [3.63, 3.8) is 0 Å². The van der Waals surface area contributed by atoms with Gasteiger partial charge >= 0.3 is 0 Å². The van der Waals surface area contributed by atoms with E-state index in [-0.39, 0.29) is 17.9 Å². The Morgan fingerprint density at radius 3 is 2.45 bits per heavy atom. The Kier molecular flexibility index (Phi) is 3.69. The standard InChI is InChI=1S/C15H18N2O3/c18-14(16-12-7-8-12)10-3-5-11(6-4-10)17-15(19)13-2-1-9-20-13/h3-6,12-13H,1-2,7-9H2,(H,16,18)(H,17,19). The first-order chi connectivity index (χ1) is 9.72. The van der Waals surface area contributed by atoms with E-state index < -0.39 is 0 Å². The number of nitrogens with one attached hydrogen (secondary N) is 2. The van der Waals surface area contributed by atoms with E-state index in [4.69, 9.17) is 4.74 Å². The van der Waals surface area contributed by atoms with E-state index in [1.807, 2.05) is 0 Å². The third-order valence-electron chi connectivity index (χ3n) is 3.55. The van der Waals surface area contributed by atoms with Crippen molar-refractivity contribution < 1.29 is 14.3 Å². The summed E-state index contributed by atoms with van der Waals surface area (Å²) in [7, 11) is 0. The van der Waals surface area contributed by atoms with E-state index >= 15 is 0 Å². The summed E-state index contributed by atoms with van der Waals surface area (Å²) in [4.78, 5) is 23.7. The Morgan fingerprint density at radius 1 is 1.10 bits per heavy atom. The quantitative estimate of drug-likeness (QED) is 0.878. The maximum atomic E-state index is 11.9. The zero-order valence-electron chi connectivity index (χ0n) is 11.2. The third kappa shape index (κ3) is 3.17. The lowest BCUT2D eigenvalue weighted by atomic mass is 10.2. The molecule has 1 aliphatic carbocycles. The molecule has 0 spiro atoms. The van der Waals surface area contributed by atoms with Gasteiger partial charge in [-0.05, 0) is 49.9 Å². The monoisotopic (exact) mass is 274 g/mol. The van der Waals surface area contributed by atoms with Crippen LogP contribution < -0.4 is 10.6 Å². The summed E-state index contributed by atoms with van der Waals surface area (Å²) < 4.78 is 5.32. The highest BCUT2D eigenvalue weighted by molar-refractivity contribution is 5.97. The zero-order valence-corrected chi connectivity index (χ0v) is 11.2. The van der Waals surface area contributed by atoms with Gasteiger partial charge in [-0.2, -0.15) is 0 Å². The molecular weight excluding hydrogens is 256 g/mol. The van der Waals surface area contributed by atoms with E-state index in [1.54, 1.807) is 24.3 Å². The van der Waals surface area contributed by atoms with Crippen LogP contribution in [0.5, 0.6) is 0 Å². The van der Waals surface area contributed by atoms with Crippen molar-refractivity contribution in [3.05, 3.63) is 29.8 Å². The summed E-state index contributed by atoms with van der Waals surface area (Å²) in [6, 6.07) is 7.29. The number of rotatable bonds is 4. The van der Waals surface area contributed by atoms with Gasteiger partial charge in [0, 0.05) is 23.9 Å². The second-order valence-corrected chi connectivity index (χ2v) is 5.32. The van der Waals surface area contributed by atoms with E-state index in [1.165, 1.54) is 0 Å². The fraction of sp³-hybridized carbons (Fsp3) is 0.467. The Labute approximate surface area is 117 Å². The molecule has 2 aliphatic rings. The second kappa shape index (κ2) is 5.63. The van der Waals surface area contributed by atoms with Crippen molar-refractivity contribution in [1.82, 2.24) is 5.32 Å². The number of ether oxygens (including phenoxy) is 1. The van der Waals surface area contributed by atoms with Crippen molar-refractivity contribution >= 4 is 17.5 Å². The zero-order chi connectivity index (χ0) is 13.9. The molecule has 20 heavy (non-hydrogen) atoms. The van der Waals surface area contributed by atoms with E-state index in [9.17, 15) is 9.59 Å².